The van der Waals surface area contributed by atoms with Gasteiger partial charge < -0.3 is 15.4 Å². The molecule has 3 unspecified atom stereocenters. The van der Waals surface area contributed by atoms with Gasteiger partial charge in [0.2, 0.25) is 10.0 Å². The maximum absolute atomic E-state index is 14.1. The maximum atomic E-state index is 14.1. The first-order chi connectivity index (χ1) is 12.7. The van der Waals surface area contributed by atoms with Crippen molar-refractivity contribution in [1.29, 1.82) is 0 Å². The van der Waals surface area contributed by atoms with Gasteiger partial charge in [-0.15, -0.1) is 0 Å². The summed E-state index contributed by atoms with van der Waals surface area (Å²) in [7, 11) is -3.23. The number of benzene rings is 1. The molecule has 0 aromatic heterocycles. The summed E-state index contributed by atoms with van der Waals surface area (Å²) in [5, 5.41) is 0. The molecule has 3 aliphatic heterocycles. The third kappa shape index (κ3) is 3.49. The largest absolute Gasteiger partial charge is 0.370 e. The van der Waals surface area contributed by atoms with Gasteiger partial charge in [-0.25, -0.2) is 17.2 Å². The summed E-state index contributed by atoms with van der Waals surface area (Å²) in [6.07, 6.45) is 1.92. The minimum absolute atomic E-state index is 0.000111. The molecule has 0 spiro atoms. The van der Waals surface area contributed by atoms with Crippen molar-refractivity contribution in [3.05, 3.63) is 46.7 Å². The summed E-state index contributed by atoms with van der Waals surface area (Å²) in [6.45, 7) is 1.97. The van der Waals surface area contributed by atoms with Gasteiger partial charge in [-0.05, 0) is 36.6 Å². The Morgan fingerprint density at radius 3 is 2.74 bits per heavy atom. The van der Waals surface area contributed by atoms with Crippen LogP contribution in [0.5, 0.6) is 0 Å². The van der Waals surface area contributed by atoms with E-state index in [1.807, 2.05) is 0 Å². The normalized spacial score (nSPS) is 29.5. The third-order valence-electron chi connectivity index (χ3n) is 5.68. The molecule has 0 amide bonds. The lowest BCUT2D eigenvalue weighted by Crippen LogP contribution is -2.49. The van der Waals surface area contributed by atoms with Crippen LogP contribution in [0.4, 0.5) is 8.78 Å². The molecular weight excluding hydrogens is 376 g/mol. The predicted octanol–water partition coefficient (Wildman–Crippen LogP) is 1.36. The molecule has 2 N–H and O–H groups in total. The van der Waals surface area contributed by atoms with Crippen LogP contribution < -0.4 is 5.73 Å². The summed E-state index contributed by atoms with van der Waals surface area (Å²) < 4.78 is 58.6. The summed E-state index contributed by atoms with van der Waals surface area (Å²) in [6, 6.07) is 2.82. The third-order valence-corrected chi connectivity index (χ3v) is 6.87. The number of rotatable bonds is 3. The first-order valence-electron chi connectivity index (χ1n) is 8.99. The molecule has 4 rings (SSSR count). The van der Waals surface area contributed by atoms with Gasteiger partial charge in [0.25, 0.3) is 0 Å². The minimum atomic E-state index is -3.23. The zero-order valence-corrected chi connectivity index (χ0v) is 15.9. The highest BCUT2D eigenvalue weighted by Crippen LogP contribution is 2.37. The first-order valence-corrected chi connectivity index (χ1v) is 10.8. The van der Waals surface area contributed by atoms with Crippen LogP contribution >= 0.6 is 0 Å². The molecule has 0 bridgehead atoms. The van der Waals surface area contributed by atoms with Crippen molar-refractivity contribution >= 4 is 10.0 Å². The highest BCUT2D eigenvalue weighted by Gasteiger charge is 2.40. The molecule has 1 fully saturated rings. The van der Waals surface area contributed by atoms with Crippen molar-refractivity contribution in [2.45, 2.75) is 31.0 Å². The van der Waals surface area contributed by atoms with Crippen LogP contribution in [0.25, 0.3) is 0 Å². The van der Waals surface area contributed by atoms with Crippen LogP contribution in [-0.4, -0.2) is 62.2 Å². The summed E-state index contributed by atoms with van der Waals surface area (Å²) >= 11 is 0. The van der Waals surface area contributed by atoms with E-state index in [0.717, 1.165) is 42.4 Å². The van der Waals surface area contributed by atoms with Crippen LogP contribution in [0.2, 0.25) is 0 Å². The van der Waals surface area contributed by atoms with Crippen LogP contribution in [0.1, 0.15) is 24.5 Å². The van der Waals surface area contributed by atoms with E-state index in [1.54, 1.807) is 0 Å². The first kappa shape index (κ1) is 18.8. The lowest BCUT2D eigenvalue weighted by atomic mass is 9.93. The molecule has 1 saturated heterocycles. The molecule has 1 aromatic rings. The second-order valence-corrected chi connectivity index (χ2v) is 9.48. The highest BCUT2D eigenvalue weighted by molar-refractivity contribution is 7.88. The van der Waals surface area contributed by atoms with Crippen LogP contribution in [0, 0.1) is 11.6 Å². The molecule has 6 nitrogen and oxygen atoms in total. The molecule has 148 valence electrons. The van der Waals surface area contributed by atoms with Crippen LogP contribution in [0.3, 0.4) is 0 Å². The van der Waals surface area contributed by atoms with Crippen molar-refractivity contribution in [3.63, 3.8) is 0 Å². The molecule has 3 atom stereocenters. The molecule has 27 heavy (non-hydrogen) atoms. The fourth-order valence-corrected chi connectivity index (χ4v) is 5.05. The predicted molar refractivity (Wildman–Crippen MR) is 96.2 cm³/mol. The second-order valence-electron chi connectivity index (χ2n) is 7.50. The van der Waals surface area contributed by atoms with E-state index in [2.05, 4.69) is 4.90 Å². The molecule has 0 saturated carbocycles. The Bertz CT molecular complexity index is 890. The Kier molecular flexibility index (Phi) is 4.74. The molecule has 1 aromatic carbocycles. The molecule has 3 heterocycles. The van der Waals surface area contributed by atoms with Gasteiger partial charge in [0, 0.05) is 30.4 Å². The Morgan fingerprint density at radius 2 is 2.04 bits per heavy atom. The van der Waals surface area contributed by atoms with Crippen molar-refractivity contribution in [1.82, 2.24) is 9.21 Å². The fraction of sp³-hybridized carbons (Fsp3) is 0.556. The number of nitrogens with zero attached hydrogens (tertiary/aromatic N) is 2. The van der Waals surface area contributed by atoms with E-state index in [1.165, 1.54) is 10.6 Å². The van der Waals surface area contributed by atoms with Gasteiger partial charge in [-0.3, -0.25) is 0 Å². The fourth-order valence-electron chi connectivity index (χ4n) is 4.30. The zero-order chi connectivity index (χ0) is 19.3. The number of sulfonamides is 1. The van der Waals surface area contributed by atoms with Gasteiger partial charge in [-0.1, -0.05) is 0 Å². The van der Waals surface area contributed by atoms with Crippen LogP contribution in [0.15, 0.2) is 29.5 Å². The van der Waals surface area contributed by atoms with Crippen LogP contribution in [-0.2, 0) is 14.8 Å². The molecule has 0 aliphatic carbocycles. The van der Waals surface area contributed by atoms with E-state index in [4.69, 9.17) is 10.5 Å². The number of halogens is 2. The number of hydrogen-bond donors (Lipinski definition) is 1. The number of nitrogens with two attached hydrogens (primary N) is 1. The van der Waals surface area contributed by atoms with E-state index in [0.29, 0.717) is 26.1 Å². The van der Waals surface area contributed by atoms with E-state index in [9.17, 15) is 17.2 Å². The summed E-state index contributed by atoms with van der Waals surface area (Å²) in [5.41, 5.74) is 8.59. The Labute approximate surface area is 157 Å². The molecule has 3 aliphatic rings. The van der Waals surface area contributed by atoms with Gasteiger partial charge in [0.1, 0.15) is 17.7 Å². The SMILES string of the molecule is CS(=O)(=O)N1CC2=C(C1)N(C1COC(c3cc(F)ccc3F)C(N)C1)CC2. The monoisotopic (exact) mass is 399 g/mol. The summed E-state index contributed by atoms with van der Waals surface area (Å²) in [5.74, 6) is -1.05. The van der Waals surface area contributed by atoms with E-state index >= 15 is 0 Å². The lowest BCUT2D eigenvalue weighted by molar-refractivity contribution is -0.0433. The van der Waals surface area contributed by atoms with Crippen molar-refractivity contribution in [2.24, 2.45) is 5.73 Å². The molecular formula is C18H23F2N3O3S. The maximum Gasteiger partial charge on any atom is 0.211 e. The number of hydrogen-bond acceptors (Lipinski definition) is 5. The Morgan fingerprint density at radius 1 is 1.26 bits per heavy atom. The van der Waals surface area contributed by atoms with Crippen molar-refractivity contribution in [3.8, 4) is 0 Å². The smallest absolute Gasteiger partial charge is 0.211 e. The van der Waals surface area contributed by atoms with Crippen molar-refractivity contribution in [2.75, 3.05) is 32.5 Å². The standard InChI is InChI=1S/C18H23F2N3O3S/c1-27(24,25)22-8-11-4-5-23(17(11)9-22)13-7-16(21)18(26-10-13)14-6-12(19)2-3-15(14)20/h2-3,6,13,16,18H,4-5,7-10,21H2,1H3. The highest BCUT2D eigenvalue weighted by atomic mass is 32.2. The second kappa shape index (κ2) is 6.80. The minimum Gasteiger partial charge on any atom is -0.370 e. The molecule has 9 heteroatoms. The van der Waals surface area contributed by atoms with E-state index < -0.39 is 33.8 Å². The van der Waals surface area contributed by atoms with Gasteiger partial charge in [0.15, 0.2) is 0 Å². The lowest BCUT2D eigenvalue weighted by Gasteiger charge is -2.40. The Hall–Kier alpha value is -1.55. The number of ether oxygens (including phenoxy) is 1. The summed E-state index contributed by atoms with van der Waals surface area (Å²) in [4.78, 5) is 2.18. The van der Waals surface area contributed by atoms with Crippen molar-refractivity contribution < 1.29 is 21.9 Å². The van der Waals surface area contributed by atoms with Gasteiger partial charge in [0.05, 0.1) is 25.4 Å². The average molecular weight is 399 g/mol. The van der Waals surface area contributed by atoms with E-state index in [-0.39, 0.29) is 11.6 Å². The average Bonchev–Trinajstić information content (AvgIpc) is 3.17. The Balaban J connectivity index is 1.47. The quantitative estimate of drug-likeness (QED) is 0.831. The zero-order valence-electron chi connectivity index (χ0n) is 15.1. The van der Waals surface area contributed by atoms with Gasteiger partial charge >= 0.3 is 0 Å². The molecule has 0 radical (unpaired) electrons. The topological polar surface area (TPSA) is 75.9 Å². The van der Waals surface area contributed by atoms with Gasteiger partial charge in [-0.2, -0.15) is 4.31 Å².